The summed E-state index contributed by atoms with van der Waals surface area (Å²) < 4.78 is 5.70. The minimum atomic E-state index is 0.498. The highest BCUT2D eigenvalue weighted by atomic mass is 35.5. The monoisotopic (exact) mass is 277 g/mol. The molecule has 0 amide bonds. The molecule has 1 aromatic carbocycles. The van der Waals surface area contributed by atoms with Crippen LogP contribution in [0.4, 0.5) is 11.7 Å². The molecule has 1 aromatic heterocycles. The number of nitrogens with zero attached hydrogens (tertiary/aromatic N) is 3. The van der Waals surface area contributed by atoms with E-state index in [9.17, 15) is 0 Å². The van der Waals surface area contributed by atoms with Gasteiger partial charge in [-0.2, -0.15) is 0 Å². The molecule has 0 aliphatic carbocycles. The van der Waals surface area contributed by atoms with Crippen LogP contribution in [-0.2, 0) is 12.8 Å². The van der Waals surface area contributed by atoms with E-state index in [1.807, 2.05) is 6.07 Å². The Bertz CT molecular complexity index is 555. The molecule has 0 N–H and O–H groups in total. The summed E-state index contributed by atoms with van der Waals surface area (Å²) in [6.07, 6.45) is 4.04. The van der Waals surface area contributed by atoms with Gasteiger partial charge in [0.25, 0.3) is 0 Å². The molecule has 0 spiro atoms. The van der Waals surface area contributed by atoms with Crippen LogP contribution >= 0.6 is 11.6 Å². The second-order valence-corrected chi connectivity index (χ2v) is 5.03. The molecule has 0 radical (unpaired) electrons. The van der Waals surface area contributed by atoms with Crippen LogP contribution in [0.1, 0.15) is 24.3 Å². The van der Waals surface area contributed by atoms with E-state index >= 15 is 0 Å². The van der Waals surface area contributed by atoms with E-state index in [4.69, 9.17) is 16.0 Å². The van der Waals surface area contributed by atoms with Crippen molar-refractivity contribution in [3.8, 4) is 0 Å². The molecule has 2 heterocycles. The Hall–Kier alpha value is -1.55. The standard InChI is InChI=1S/C14H16ClN3O/c15-9-8-13-16-17-14(19-13)18-10-4-3-6-11-5-1-2-7-12(11)18/h1-2,5,7H,3-4,6,8-10H2. The molecule has 0 bridgehead atoms. The number of aryl methyl sites for hydroxylation is 2. The average molecular weight is 278 g/mol. The third kappa shape index (κ3) is 2.59. The van der Waals surface area contributed by atoms with E-state index < -0.39 is 0 Å². The molecule has 0 fully saturated rings. The van der Waals surface area contributed by atoms with Crippen molar-refractivity contribution in [2.45, 2.75) is 25.7 Å². The molecule has 0 saturated carbocycles. The zero-order chi connectivity index (χ0) is 13.1. The van der Waals surface area contributed by atoms with E-state index in [1.54, 1.807) is 0 Å². The SMILES string of the molecule is ClCCc1nnc(N2CCCCc3ccccc32)o1. The van der Waals surface area contributed by atoms with Gasteiger partial charge in [0.1, 0.15) is 0 Å². The van der Waals surface area contributed by atoms with Gasteiger partial charge in [0.05, 0.1) is 0 Å². The first-order chi connectivity index (χ1) is 9.38. The van der Waals surface area contributed by atoms with Crippen molar-refractivity contribution in [2.75, 3.05) is 17.3 Å². The molecule has 100 valence electrons. The van der Waals surface area contributed by atoms with Crippen molar-refractivity contribution in [3.63, 3.8) is 0 Å². The Morgan fingerprint density at radius 2 is 2.11 bits per heavy atom. The molecule has 0 atom stereocenters. The highest BCUT2D eigenvalue weighted by Crippen LogP contribution is 2.31. The van der Waals surface area contributed by atoms with Crippen molar-refractivity contribution in [1.29, 1.82) is 0 Å². The lowest BCUT2D eigenvalue weighted by atomic mass is 10.1. The maximum Gasteiger partial charge on any atom is 0.322 e. The Morgan fingerprint density at radius 1 is 1.21 bits per heavy atom. The number of anilines is 2. The Morgan fingerprint density at radius 3 is 3.00 bits per heavy atom. The summed E-state index contributed by atoms with van der Waals surface area (Å²) in [5.74, 6) is 1.10. The number of rotatable bonds is 3. The first-order valence-corrected chi connectivity index (χ1v) is 7.16. The van der Waals surface area contributed by atoms with Crippen LogP contribution in [-0.4, -0.2) is 22.6 Å². The second-order valence-electron chi connectivity index (χ2n) is 4.65. The molecule has 4 nitrogen and oxygen atoms in total. The summed E-state index contributed by atoms with van der Waals surface area (Å²) in [7, 11) is 0. The minimum Gasteiger partial charge on any atom is -0.408 e. The number of hydrogen-bond acceptors (Lipinski definition) is 4. The Labute approximate surface area is 117 Å². The van der Waals surface area contributed by atoms with Crippen LogP contribution in [0.25, 0.3) is 0 Å². The zero-order valence-corrected chi connectivity index (χ0v) is 11.4. The fourth-order valence-electron chi connectivity index (χ4n) is 2.43. The van der Waals surface area contributed by atoms with Crippen LogP contribution in [0.2, 0.25) is 0 Å². The number of aromatic nitrogens is 2. The number of fused-ring (bicyclic) bond motifs is 1. The van der Waals surface area contributed by atoms with Crippen molar-refractivity contribution >= 4 is 23.3 Å². The van der Waals surface area contributed by atoms with E-state index in [1.165, 1.54) is 17.7 Å². The molecule has 3 rings (SSSR count). The fourth-order valence-corrected chi connectivity index (χ4v) is 2.59. The predicted molar refractivity (Wildman–Crippen MR) is 75.1 cm³/mol. The van der Waals surface area contributed by atoms with Crippen molar-refractivity contribution in [1.82, 2.24) is 10.2 Å². The Balaban J connectivity index is 1.94. The van der Waals surface area contributed by atoms with Crippen LogP contribution in [0.15, 0.2) is 28.7 Å². The van der Waals surface area contributed by atoms with E-state index in [-0.39, 0.29) is 0 Å². The van der Waals surface area contributed by atoms with Gasteiger partial charge in [-0.05, 0) is 30.9 Å². The quantitative estimate of drug-likeness (QED) is 0.807. The van der Waals surface area contributed by atoms with Crippen LogP contribution in [0.5, 0.6) is 0 Å². The summed E-state index contributed by atoms with van der Waals surface area (Å²) in [5, 5.41) is 8.19. The number of para-hydroxylation sites is 1. The molecular weight excluding hydrogens is 262 g/mol. The molecule has 1 aliphatic heterocycles. The lowest BCUT2D eigenvalue weighted by Crippen LogP contribution is -2.18. The van der Waals surface area contributed by atoms with Crippen LogP contribution < -0.4 is 4.90 Å². The van der Waals surface area contributed by atoms with E-state index in [0.29, 0.717) is 24.2 Å². The first-order valence-electron chi connectivity index (χ1n) is 6.62. The summed E-state index contributed by atoms with van der Waals surface area (Å²) in [6.45, 7) is 0.916. The number of benzene rings is 1. The lowest BCUT2D eigenvalue weighted by Gasteiger charge is -2.19. The van der Waals surface area contributed by atoms with Crippen molar-refractivity contribution < 1.29 is 4.42 Å². The first kappa shape index (κ1) is 12.5. The van der Waals surface area contributed by atoms with Gasteiger partial charge in [-0.15, -0.1) is 16.7 Å². The Kier molecular flexibility index (Phi) is 3.69. The largest absolute Gasteiger partial charge is 0.408 e. The highest BCUT2D eigenvalue weighted by molar-refractivity contribution is 6.17. The molecule has 0 saturated heterocycles. The van der Waals surface area contributed by atoms with Gasteiger partial charge < -0.3 is 4.42 Å². The van der Waals surface area contributed by atoms with Crippen molar-refractivity contribution in [3.05, 3.63) is 35.7 Å². The third-order valence-corrected chi connectivity index (χ3v) is 3.54. The van der Waals surface area contributed by atoms with Gasteiger partial charge >= 0.3 is 6.01 Å². The van der Waals surface area contributed by atoms with Gasteiger partial charge in [-0.25, -0.2) is 0 Å². The topological polar surface area (TPSA) is 42.2 Å². The third-order valence-electron chi connectivity index (χ3n) is 3.36. The van der Waals surface area contributed by atoms with Crippen LogP contribution in [0, 0.1) is 0 Å². The molecular formula is C14H16ClN3O. The van der Waals surface area contributed by atoms with Gasteiger partial charge in [-0.3, -0.25) is 4.90 Å². The number of halogens is 1. The lowest BCUT2D eigenvalue weighted by molar-refractivity contribution is 0.499. The average Bonchev–Trinajstić information content (AvgIpc) is 2.78. The van der Waals surface area contributed by atoms with Gasteiger partial charge in [0.2, 0.25) is 5.89 Å². The fraction of sp³-hybridized carbons (Fsp3) is 0.429. The second kappa shape index (κ2) is 5.61. The highest BCUT2D eigenvalue weighted by Gasteiger charge is 2.20. The van der Waals surface area contributed by atoms with Gasteiger partial charge in [0, 0.05) is 24.5 Å². The predicted octanol–water partition coefficient (Wildman–Crippen LogP) is 3.33. The molecule has 2 aromatic rings. The van der Waals surface area contributed by atoms with Crippen molar-refractivity contribution in [2.24, 2.45) is 0 Å². The summed E-state index contributed by atoms with van der Waals surface area (Å²) in [5.41, 5.74) is 2.53. The molecule has 5 heteroatoms. The molecule has 19 heavy (non-hydrogen) atoms. The van der Waals surface area contributed by atoms with Gasteiger partial charge in [-0.1, -0.05) is 23.3 Å². The minimum absolute atomic E-state index is 0.498. The van der Waals surface area contributed by atoms with E-state index in [2.05, 4.69) is 33.3 Å². The molecule has 0 unspecified atom stereocenters. The summed E-state index contributed by atoms with van der Waals surface area (Å²) in [4.78, 5) is 2.12. The van der Waals surface area contributed by atoms with Crippen LogP contribution in [0.3, 0.4) is 0 Å². The number of hydrogen-bond donors (Lipinski definition) is 0. The number of alkyl halides is 1. The van der Waals surface area contributed by atoms with E-state index in [0.717, 1.165) is 19.4 Å². The smallest absolute Gasteiger partial charge is 0.322 e. The molecule has 1 aliphatic rings. The maximum atomic E-state index is 5.70. The summed E-state index contributed by atoms with van der Waals surface area (Å²) >= 11 is 5.70. The zero-order valence-electron chi connectivity index (χ0n) is 10.7. The van der Waals surface area contributed by atoms with Gasteiger partial charge in [0.15, 0.2) is 0 Å². The normalized spacial score (nSPS) is 15.1. The summed E-state index contributed by atoms with van der Waals surface area (Å²) in [6, 6.07) is 8.99. The maximum absolute atomic E-state index is 5.70.